The zero-order valence-corrected chi connectivity index (χ0v) is 19.5. The van der Waals surface area contributed by atoms with Gasteiger partial charge >= 0.3 is 13.7 Å². The molecule has 0 spiro atoms. The van der Waals surface area contributed by atoms with E-state index in [0.717, 1.165) is 12.8 Å². The molecule has 174 valence electrons. The van der Waals surface area contributed by atoms with E-state index in [9.17, 15) is 14.2 Å². The maximum absolute atomic E-state index is 13.3. The van der Waals surface area contributed by atoms with Crippen molar-refractivity contribution in [3.05, 3.63) is 29.8 Å². The monoisotopic (exact) mass is 455 g/mol. The number of carbonyl (C=O) groups is 2. The predicted molar refractivity (Wildman–Crippen MR) is 118 cm³/mol. The van der Waals surface area contributed by atoms with Crippen LogP contribution in [0.25, 0.3) is 0 Å². The molecule has 1 aromatic rings. The van der Waals surface area contributed by atoms with Crippen LogP contribution in [-0.4, -0.2) is 67.8 Å². The highest BCUT2D eigenvalue weighted by atomic mass is 31.2. The van der Waals surface area contributed by atoms with Crippen LogP contribution in [0, 0.1) is 0 Å². The molecule has 9 nitrogen and oxygen atoms in total. The van der Waals surface area contributed by atoms with Gasteiger partial charge in [0.25, 0.3) is 0 Å². The predicted octanol–water partition coefficient (Wildman–Crippen LogP) is 2.66. The molecule has 2 amide bonds. The summed E-state index contributed by atoms with van der Waals surface area (Å²) in [6.45, 7) is 7.74. The van der Waals surface area contributed by atoms with Crippen molar-refractivity contribution in [2.24, 2.45) is 5.73 Å². The number of amides is 2. The largest absolute Gasteiger partial charge is 0.449 e. The van der Waals surface area contributed by atoms with Gasteiger partial charge in [0.05, 0.1) is 25.1 Å². The van der Waals surface area contributed by atoms with Crippen molar-refractivity contribution >= 4 is 24.9 Å². The Morgan fingerprint density at radius 3 is 2.19 bits per heavy atom. The summed E-state index contributed by atoms with van der Waals surface area (Å²) in [5.41, 5.74) is 6.72. The molecule has 1 atom stereocenters. The Kier molecular flexibility index (Phi) is 9.96. The summed E-state index contributed by atoms with van der Waals surface area (Å²) in [5, 5.41) is 0.303. The first-order valence-corrected chi connectivity index (χ1v) is 12.4. The van der Waals surface area contributed by atoms with E-state index in [1.54, 1.807) is 47.9 Å². The van der Waals surface area contributed by atoms with Gasteiger partial charge < -0.3 is 29.3 Å². The SMILES string of the molecule is CCCCOC(=O)N1CCN(C(=O)C(N)c2ccccc2P(=O)(OCC)OCC)CC1. The molecule has 1 unspecified atom stereocenters. The van der Waals surface area contributed by atoms with Crippen molar-refractivity contribution < 1.29 is 27.9 Å². The summed E-state index contributed by atoms with van der Waals surface area (Å²) in [5.74, 6) is -0.300. The zero-order chi connectivity index (χ0) is 22.9. The fourth-order valence-corrected chi connectivity index (χ4v) is 5.18. The number of benzene rings is 1. The van der Waals surface area contributed by atoms with Gasteiger partial charge in [-0.2, -0.15) is 0 Å². The van der Waals surface area contributed by atoms with Gasteiger partial charge in [0.2, 0.25) is 5.91 Å². The molecule has 0 radical (unpaired) electrons. The van der Waals surface area contributed by atoms with E-state index >= 15 is 0 Å². The van der Waals surface area contributed by atoms with Crippen LogP contribution in [0.5, 0.6) is 0 Å². The molecule has 1 aliphatic rings. The fourth-order valence-electron chi connectivity index (χ4n) is 3.35. The number of piperazine rings is 1. The number of ether oxygens (including phenoxy) is 1. The third-order valence-corrected chi connectivity index (χ3v) is 7.20. The smallest absolute Gasteiger partial charge is 0.409 e. The third-order valence-electron chi connectivity index (χ3n) is 5.00. The Hall–Kier alpha value is -1.93. The summed E-state index contributed by atoms with van der Waals surface area (Å²) in [6, 6.07) is 5.72. The quantitative estimate of drug-likeness (QED) is 0.426. The van der Waals surface area contributed by atoms with Crippen molar-refractivity contribution in [1.82, 2.24) is 9.80 Å². The Morgan fingerprint density at radius 1 is 1.03 bits per heavy atom. The summed E-state index contributed by atoms with van der Waals surface area (Å²) in [6.07, 6.45) is 1.42. The Morgan fingerprint density at radius 2 is 1.61 bits per heavy atom. The van der Waals surface area contributed by atoms with E-state index in [1.165, 1.54) is 0 Å². The maximum Gasteiger partial charge on any atom is 0.409 e. The van der Waals surface area contributed by atoms with Crippen LogP contribution in [0.3, 0.4) is 0 Å². The number of hydrogen-bond acceptors (Lipinski definition) is 7. The van der Waals surface area contributed by atoms with Crippen LogP contribution >= 0.6 is 7.60 Å². The lowest BCUT2D eigenvalue weighted by Gasteiger charge is -2.35. The minimum absolute atomic E-state index is 0.200. The minimum Gasteiger partial charge on any atom is -0.449 e. The molecule has 1 heterocycles. The molecule has 31 heavy (non-hydrogen) atoms. The van der Waals surface area contributed by atoms with E-state index in [1.807, 2.05) is 6.92 Å². The minimum atomic E-state index is -3.60. The molecule has 10 heteroatoms. The van der Waals surface area contributed by atoms with E-state index in [2.05, 4.69) is 0 Å². The highest BCUT2D eigenvalue weighted by Gasteiger charge is 2.35. The topological polar surface area (TPSA) is 111 Å². The van der Waals surface area contributed by atoms with Crippen LogP contribution in [-0.2, 0) is 23.1 Å². The van der Waals surface area contributed by atoms with Crippen molar-refractivity contribution in [2.45, 2.75) is 39.7 Å². The highest BCUT2D eigenvalue weighted by molar-refractivity contribution is 7.62. The molecule has 0 bridgehead atoms. The van der Waals surface area contributed by atoms with Gasteiger partial charge in [-0.3, -0.25) is 9.36 Å². The highest BCUT2D eigenvalue weighted by Crippen LogP contribution is 2.48. The Bertz CT molecular complexity index is 772. The zero-order valence-electron chi connectivity index (χ0n) is 18.6. The van der Waals surface area contributed by atoms with Gasteiger partial charge in [-0.05, 0) is 31.9 Å². The van der Waals surface area contributed by atoms with Crippen LogP contribution < -0.4 is 11.0 Å². The third kappa shape index (κ3) is 6.53. The van der Waals surface area contributed by atoms with E-state index in [0.29, 0.717) is 43.7 Å². The summed E-state index contributed by atoms with van der Waals surface area (Å²) in [4.78, 5) is 28.4. The van der Waals surface area contributed by atoms with Crippen molar-refractivity contribution in [3.63, 3.8) is 0 Å². The van der Waals surface area contributed by atoms with Crippen LogP contribution in [0.2, 0.25) is 0 Å². The molecule has 0 aromatic heterocycles. The average molecular weight is 455 g/mol. The second-order valence-corrected chi connectivity index (χ2v) is 9.14. The van der Waals surface area contributed by atoms with E-state index in [4.69, 9.17) is 19.5 Å². The lowest BCUT2D eigenvalue weighted by atomic mass is 10.1. The molecule has 1 aromatic carbocycles. The summed E-state index contributed by atoms with van der Waals surface area (Å²) in [7, 11) is -3.60. The first kappa shape index (κ1) is 25.3. The standard InChI is InChI=1S/C21H34N3O6P/c1-4-7-16-28-21(26)24-14-12-23(13-15-24)20(25)19(22)17-10-8-9-11-18(17)31(27,29-5-2)30-6-3/h8-11,19H,4-7,12-16,22H2,1-3H3. The molecule has 1 fully saturated rings. The normalized spacial score (nSPS) is 15.6. The van der Waals surface area contributed by atoms with Crippen molar-refractivity contribution in [1.29, 1.82) is 0 Å². The number of hydrogen-bond donors (Lipinski definition) is 1. The number of rotatable bonds is 10. The fraction of sp³-hybridized carbons (Fsp3) is 0.619. The lowest BCUT2D eigenvalue weighted by molar-refractivity contribution is -0.134. The first-order chi connectivity index (χ1) is 14.9. The number of nitrogens with zero attached hydrogens (tertiary/aromatic N) is 2. The number of carbonyl (C=O) groups excluding carboxylic acids is 2. The maximum atomic E-state index is 13.3. The van der Waals surface area contributed by atoms with E-state index < -0.39 is 13.6 Å². The first-order valence-electron chi connectivity index (χ1n) is 10.8. The van der Waals surface area contributed by atoms with Crippen LogP contribution in [0.15, 0.2) is 24.3 Å². The molecule has 2 N–H and O–H groups in total. The summed E-state index contributed by atoms with van der Waals surface area (Å²) >= 11 is 0. The van der Waals surface area contributed by atoms with Crippen molar-refractivity contribution in [2.75, 3.05) is 46.0 Å². The molecule has 0 aliphatic carbocycles. The Balaban J connectivity index is 2.08. The van der Waals surface area contributed by atoms with Gasteiger partial charge in [0.15, 0.2) is 0 Å². The van der Waals surface area contributed by atoms with Crippen molar-refractivity contribution in [3.8, 4) is 0 Å². The molecule has 1 saturated heterocycles. The lowest BCUT2D eigenvalue weighted by Crippen LogP contribution is -2.53. The number of nitrogens with two attached hydrogens (primary N) is 1. The van der Waals surface area contributed by atoms with Crippen LogP contribution in [0.1, 0.15) is 45.2 Å². The number of unbranched alkanes of at least 4 members (excludes halogenated alkanes) is 1. The second kappa shape index (κ2) is 12.2. The van der Waals surface area contributed by atoms with Gasteiger partial charge in [-0.25, -0.2) is 4.79 Å². The molecular weight excluding hydrogens is 421 g/mol. The Labute approximate surface area is 184 Å². The molecule has 0 saturated carbocycles. The van der Waals surface area contributed by atoms with Gasteiger partial charge in [0.1, 0.15) is 6.04 Å². The van der Waals surface area contributed by atoms with Gasteiger partial charge in [-0.1, -0.05) is 31.5 Å². The van der Waals surface area contributed by atoms with Gasteiger partial charge in [-0.15, -0.1) is 0 Å². The van der Waals surface area contributed by atoms with Crippen LogP contribution in [0.4, 0.5) is 4.79 Å². The molecule has 1 aliphatic heterocycles. The van der Waals surface area contributed by atoms with Gasteiger partial charge in [0, 0.05) is 26.2 Å². The molecule has 2 rings (SSSR count). The average Bonchev–Trinajstić information content (AvgIpc) is 2.78. The summed E-state index contributed by atoms with van der Waals surface area (Å²) < 4.78 is 29.4. The second-order valence-electron chi connectivity index (χ2n) is 7.15. The molecular formula is C21H34N3O6P. The van der Waals surface area contributed by atoms with E-state index in [-0.39, 0.29) is 25.2 Å².